The standard InChI is InChI=1S/C10H18N4O2S/c1-11-9-3-5-14(6-4-9)17(15,16)10-7-13(2)8-12-10/h7-9,11H,3-6H2,1-2H3. The fraction of sp³-hybridized carbons (Fsp3) is 0.700. The summed E-state index contributed by atoms with van der Waals surface area (Å²) in [6, 6.07) is 0.421. The van der Waals surface area contributed by atoms with Gasteiger partial charge in [-0.15, -0.1) is 0 Å². The molecule has 0 saturated carbocycles. The van der Waals surface area contributed by atoms with E-state index in [0.717, 1.165) is 12.8 Å². The van der Waals surface area contributed by atoms with Crippen LogP contribution in [-0.2, 0) is 17.1 Å². The fourth-order valence-electron chi connectivity index (χ4n) is 2.04. The van der Waals surface area contributed by atoms with Crippen LogP contribution in [0.1, 0.15) is 12.8 Å². The Balaban J connectivity index is 2.12. The molecule has 0 bridgehead atoms. The highest BCUT2D eigenvalue weighted by atomic mass is 32.2. The van der Waals surface area contributed by atoms with Crippen LogP contribution in [0.3, 0.4) is 0 Å². The minimum absolute atomic E-state index is 0.142. The molecule has 1 aliphatic heterocycles. The van der Waals surface area contributed by atoms with E-state index in [2.05, 4.69) is 10.3 Å². The highest BCUT2D eigenvalue weighted by Gasteiger charge is 2.30. The Hall–Kier alpha value is -0.920. The smallest absolute Gasteiger partial charge is 0.262 e. The van der Waals surface area contributed by atoms with Crippen molar-refractivity contribution in [2.24, 2.45) is 7.05 Å². The van der Waals surface area contributed by atoms with E-state index in [9.17, 15) is 8.42 Å². The summed E-state index contributed by atoms with van der Waals surface area (Å²) >= 11 is 0. The summed E-state index contributed by atoms with van der Waals surface area (Å²) in [5.41, 5.74) is 0. The molecule has 1 saturated heterocycles. The van der Waals surface area contributed by atoms with Crippen LogP contribution in [0.25, 0.3) is 0 Å². The summed E-state index contributed by atoms with van der Waals surface area (Å²) in [7, 11) is 0.274. The Labute approximate surface area is 102 Å². The Kier molecular flexibility index (Phi) is 3.50. The molecular weight excluding hydrogens is 240 g/mol. The van der Waals surface area contributed by atoms with Gasteiger partial charge in [0.2, 0.25) is 0 Å². The van der Waals surface area contributed by atoms with E-state index >= 15 is 0 Å². The lowest BCUT2D eigenvalue weighted by molar-refractivity contribution is 0.298. The predicted molar refractivity (Wildman–Crippen MR) is 64.0 cm³/mol. The van der Waals surface area contributed by atoms with Gasteiger partial charge in [-0.3, -0.25) is 0 Å². The fourth-order valence-corrected chi connectivity index (χ4v) is 3.48. The molecular formula is C10H18N4O2S. The molecule has 1 aliphatic rings. The highest BCUT2D eigenvalue weighted by molar-refractivity contribution is 7.89. The molecule has 0 atom stereocenters. The van der Waals surface area contributed by atoms with Crippen molar-refractivity contribution in [3.8, 4) is 0 Å². The lowest BCUT2D eigenvalue weighted by Gasteiger charge is -2.30. The summed E-state index contributed by atoms with van der Waals surface area (Å²) in [4.78, 5) is 3.92. The van der Waals surface area contributed by atoms with E-state index in [4.69, 9.17) is 0 Å². The number of hydrogen-bond donors (Lipinski definition) is 1. The number of hydrogen-bond acceptors (Lipinski definition) is 4. The van der Waals surface area contributed by atoms with Crippen LogP contribution < -0.4 is 5.32 Å². The van der Waals surface area contributed by atoms with Crippen molar-refractivity contribution >= 4 is 10.0 Å². The van der Waals surface area contributed by atoms with Crippen LogP contribution in [0.4, 0.5) is 0 Å². The molecule has 96 valence electrons. The average Bonchev–Trinajstić information content (AvgIpc) is 2.77. The second-order valence-electron chi connectivity index (χ2n) is 4.34. The summed E-state index contributed by atoms with van der Waals surface area (Å²) in [6.45, 7) is 1.12. The van der Waals surface area contributed by atoms with Crippen molar-refractivity contribution in [3.63, 3.8) is 0 Å². The van der Waals surface area contributed by atoms with Crippen LogP contribution >= 0.6 is 0 Å². The second-order valence-corrected chi connectivity index (χ2v) is 6.23. The van der Waals surface area contributed by atoms with E-state index in [1.54, 1.807) is 17.8 Å². The first-order valence-corrected chi connectivity index (χ1v) is 7.13. The quantitative estimate of drug-likeness (QED) is 0.815. The van der Waals surface area contributed by atoms with Gasteiger partial charge in [-0.05, 0) is 19.9 Å². The van der Waals surface area contributed by atoms with Gasteiger partial charge in [-0.1, -0.05) is 0 Å². The molecule has 1 fully saturated rings. The molecule has 2 rings (SSSR count). The van der Waals surface area contributed by atoms with Crippen LogP contribution in [0.5, 0.6) is 0 Å². The summed E-state index contributed by atoms with van der Waals surface area (Å²) in [6.07, 6.45) is 4.75. The zero-order chi connectivity index (χ0) is 12.5. The topological polar surface area (TPSA) is 67.2 Å². The van der Waals surface area contributed by atoms with Gasteiger partial charge in [0.1, 0.15) is 0 Å². The van der Waals surface area contributed by atoms with Crippen molar-refractivity contribution in [2.45, 2.75) is 23.9 Å². The zero-order valence-electron chi connectivity index (χ0n) is 10.1. The molecule has 1 aromatic heterocycles. The van der Waals surface area contributed by atoms with Crippen LogP contribution in [0, 0.1) is 0 Å². The highest BCUT2D eigenvalue weighted by Crippen LogP contribution is 2.18. The van der Waals surface area contributed by atoms with E-state index in [0.29, 0.717) is 19.1 Å². The molecule has 17 heavy (non-hydrogen) atoms. The molecule has 1 N–H and O–H groups in total. The third kappa shape index (κ3) is 2.51. The number of aromatic nitrogens is 2. The number of rotatable bonds is 3. The van der Waals surface area contributed by atoms with E-state index in [1.165, 1.54) is 10.6 Å². The predicted octanol–water partition coefficient (Wildman–Crippen LogP) is -0.207. The summed E-state index contributed by atoms with van der Waals surface area (Å²) in [5.74, 6) is 0. The van der Waals surface area contributed by atoms with Crippen LogP contribution in [0.2, 0.25) is 0 Å². The minimum Gasteiger partial charge on any atom is -0.339 e. The third-order valence-electron chi connectivity index (χ3n) is 3.15. The van der Waals surface area contributed by atoms with Crippen molar-refractivity contribution in [1.82, 2.24) is 19.2 Å². The number of piperidine rings is 1. The zero-order valence-corrected chi connectivity index (χ0v) is 10.9. The van der Waals surface area contributed by atoms with Crippen LogP contribution in [0.15, 0.2) is 17.6 Å². The van der Waals surface area contributed by atoms with Gasteiger partial charge in [0.25, 0.3) is 10.0 Å². The van der Waals surface area contributed by atoms with Crippen molar-refractivity contribution in [1.29, 1.82) is 0 Å². The second kappa shape index (κ2) is 4.75. The van der Waals surface area contributed by atoms with E-state index in [1.807, 2.05) is 7.05 Å². The first-order valence-electron chi connectivity index (χ1n) is 5.69. The average molecular weight is 258 g/mol. The normalized spacial score (nSPS) is 19.6. The van der Waals surface area contributed by atoms with Gasteiger partial charge in [-0.2, -0.15) is 4.31 Å². The van der Waals surface area contributed by atoms with Gasteiger partial charge in [0.05, 0.1) is 6.33 Å². The molecule has 0 aromatic carbocycles. The van der Waals surface area contributed by atoms with Crippen LogP contribution in [-0.4, -0.2) is 48.5 Å². The van der Waals surface area contributed by atoms with Crippen molar-refractivity contribution in [3.05, 3.63) is 12.5 Å². The molecule has 0 aliphatic carbocycles. The summed E-state index contributed by atoms with van der Waals surface area (Å²) < 4.78 is 27.6. The Morgan fingerprint density at radius 2 is 2.06 bits per heavy atom. The SMILES string of the molecule is CNC1CCN(S(=O)(=O)c2cn(C)cn2)CC1. The third-order valence-corrected chi connectivity index (χ3v) is 4.93. The maximum Gasteiger partial charge on any atom is 0.262 e. The molecule has 2 heterocycles. The Bertz CT molecular complexity index is 474. The molecule has 0 radical (unpaired) electrons. The van der Waals surface area contributed by atoms with Crippen molar-refractivity contribution < 1.29 is 8.42 Å². The Morgan fingerprint density at radius 3 is 2.53 bits per heavy atom. The molecule has 1 aromatic rings. The Morgan fingerprint density at radius 1 is 1.41 bits per heavy atom. The largest absolute Gasteiger partial charge is 0.339 e. The van der Waals surface area contributed by atoms with Gasteiger partial charge in [0.15, 0.2) is 5.03 Å². The van der Waals surface area contributed by atoms with Crippen molar-refractivity contribution in [2.75, 3.05) is 20.1 Å². The lowest BCUT2D eigenvalue weighted by Crippen LogP contribution is -2.43. The van der Waals surface area contributed by atoms with Gasteiger partial charge in [-0.25, -0.2) is 13.4 Å². The van der Waals surface area contributed by atoms with E-state index < -0.39 is 10.0 Å². The first kappa shape index (κ1) is 12.5. The number of sulfonamides is 1. The maximum absolute atomic E-state index is 12.2. The number of imidazole rings is 1. The molecule has 6 nitrogen and oxygen atoms in total. The minimum atomic E-state index is -3.40. The molecule has 7 heteroatoms. The molecule has 0 unspecified atom stereocenters. The van der Waals surface area contributed by atoms with E-state index in [-0.39, 0.29) is 5.03 Å². The first-order chi connectivity index (χ1) is 8.04. The van der Waals surface area contributed by atoms with Gasteiger partial charge in [0, 0.05) is 32.4 Å². The van der Waals surface area contributed by atoms with Gasteiger partial charge >= 0.3 is 0 Å². The molecule has 0 amide bonds. The van der Waals surface area contributed by atoms with Gasteiger partial charge < -0.3 is 9.88 Å². The lowest BCUT2D eigenvalue weighted by atomic mass is 10.1. The molecule has 0 spiro atoms. The monoisotopic (exact) mass is 258 g/mol. The summed E-state index contributed by atoms with van der Waals surface area (Å²) in [5, 5.41) is 3.32. The number of nitrogens with one attached hydrogen (secondary N) is 1. The number of aryl methyl sites for hydroxylation is 1. The number of nitrogens with zero attached hydrogens (tertiary/aromatic N) is 3. The maximum atomic E-state index is 12.2.